The highest BCUT2D eigenvalue weighted by Gasteiger charge is 2.33. The molecule has 30 heavy (non-hydrogen) atoms. The van der Waals surface area contributed by atoms with Gasteiger partial charge in [0.1, 0.15) is 18.0 Å². The van der Waals surface area contributed by atoms with Gasteiger partial charge >= 0.3 is 0 Å². The molecule has 0 unspecified atom stereocenters. The van der Waals surface area contributed by atoms with Crippen LogP contribution in [0.3, 0.4) is 0 Å². The zero-order valence-corrected chi connectivity index (χ0v) is 18.5. The van der Waals surface area contributed by atoms with Gasteiger partial charge in [0.25, 0.3) is 0 Å². The Hall–Kier alpha value is -2.08. The zero-order valence-electron chi connectivity index (χ0n) is 17.8. The molecule has 0 atom stereocenters. The molecule has 1 saturated heterocycles. The third-order valence-electron chi connectivity index (χ3n) is 5.65. The van der Waals surface area contributed by atoms with Gasteiger partial charge in [0.2, 0.25) is 5.91 Å². The fourth-order valence-electron chi connectivity index (χ4n) is 3.73. The lowest BCUT2D eigenvalue weighted by Crippen LogP contribution is -2.50. The molecule has 2 aromatic rings. The van der Waals surface area contributed by atoms with Crippen molar-refractivity contribution < 1.29 is 14.6 Å². The first-order chi connectivity index (χ1) is 14.3. The van der Waals surface area contributed by atoms with Crippen molar-refractivity contribution in [2.24, 2.45) is 0 Å². The number of benzene rings is 2. The molecule has 1 heterocycles. The van der Waals surface area contributed by atoms with E-state index in [1.54, 1.807) is 0 Å². The summed E-state index contributed by atoms with van der Waals surface area (Å²) in [7, 11) is 0. The molecule has 0 aliphatic carbocycles. The number of hydrogen-bond acceptors (Lipinski definition) is 4. The minimum Gasteiger partial charge on any atom is -0.491 e. The largest absolute Gasteiger partial charge is 0.491 e. The summed E-state index contributed by atoms with van der Waals surface area (Å²) >= 11 is 6.20. The molecule has 0 spiro atoms. The second-order valence-electron chi connectivity index (χ2n) is 8.25. The second-order valence-corrected chi connectivity index (χ2v) is 8.62. The van der Waals surface area contributed by atoms with Crippen LogP contribution in [0.25, 0.3) is 0 Å². The Labute approximate surface area is 184 Å². The molecule has 5 nitrogen and oxygen atoms in total. The van der Waals surface area contributed by atoms with E-state index >= 15 is 0 Å². The number of aliphatic hydroxyl groups is 1. The van der Waals surface area contributed by atoms with Crippen molar-refractivity contribution in [3.8, 4) is 5.75 Å². The maximum absolute atomic E-state index is 12.2. The summed E-state index contributed by atoms with van der Waals surface area (Å²) in [5.74, 6) is 0.753. The SMILES string of the molecule is Cc1cc(OCC2(O)CCN(CC(=O)NCCc3ccccc3)CC2)cc(C)c1Cl. The van der Waals surface area contributed by atoms with Crippen LogP contribution >= 0.6 is 11.6 Å². The van der Waals surface area contributed by atoms with Gasteiger partial charge in [0, 0.05) is 24.7 Å². The van der Waals surface area contributed by atoms with Gasteiger partial charge in [-0.1, -0.05) is 41.9 Å². The van der Waals surface area contributed by atoms with Crippen molar-refractivity contribution in [2.75, 3.05) is 32.8 Å². The summed E-state index contributed by atoms with van der Waals surface area (Å²) < 4.78 is 5.87. The fraction of sp³-hybridized carbons (Fsp3) is 0.458. The summed E-state index contributed by atoms with van der Waals surface area (Å²) in [5.41, 5.74) is 2.27. The maximum atomic E-state index is 12.2. The van der Waals surface area contributed by atoms with Crippen LogP contribution in [0.15, 0.2) is 42.5 Å². The smallest absolute Gasteiger partial charge is 0.234 e. The third-order valence-corrected chi connectivity index (χ3v) is 6.25. The predicted octanol–water partition coefficient (Wildman–Crippen LogP) is 3.52. The van der Waals surface area contributed by atoms with Crippen molar-refractivity contribution in [1.29, 1.82) is 0 Å². The van der Waals surface area contributed by atoms with Crippen LogP contribution in [0.4, 0.5) is 0 Å². The number of amides is 1. The summed E-state index contributed by atoms with van der Waals surface area (Å²) in [6, 6.07) is 13.9. The van der Waals surface area contributed by atoms with Gasteiger partial charge in [0.15, 0.2) is 0 Å². The Morgan fingerprint density at radius 2 is 1.80 bits per heavy atom. The van der Waals surface area contributed by atoms with E-state index in [1.807, 2.05) is 44.2 Å². The van der Waals surface area contributed by atoms with Crippen molar-refractivity contribution in [3.63, 3.8) is 0 Å². The molecule has 1 aliphatic rings. The van der Waals surface area contributed by atoms with Gasteiger partial charge in [-0.2, -0.15) is 0 Å². The van der Waals surface area contributed by atoms with Crippen molar-refractivity contribution in [1.82, 2.24) is 10.2 Å². The van der Waals surface area contributed by atoms with Gasteiger partial charge in [-0.25, -0.2) is 0 Å². The van der Waals surface area contributed by atoms with Crippen molar-refractivity contribution >= 4 is 17.5 Å². The van der Waals surface area contributed by atoms with E-state index < -0.39 is 5.60 Å². The molecule has 1 fully saturated rings. The topological polar surface area (TPSA) is 61.8 Å². The average molecular weight is 431 g/mol. The average Bonchev–Trinajstić information content (AvgIpc) is 2.73. The van der Waals surface area contributed by atoms with Crippen LogP contribution in [0, 0.1) is 13.8 Å². The standard InChI is InChI=1S/C24H31ClN2O3/c1-18-14-21(15-19(2)23(18)25)30-17-24(29)9-12-27(13-10-24)16-22(28)26-11-8-20-6-4-3-5-7-20/h3-7,14-15,29H,8-13,16-17H2,1-2H3,(H,26,28). The molecule has 0 aromatic heterocycles. The summed E-state index contributed by atoms with van der Waals surface area (Å²) in [6.45, 7) is 6.47. The minimum atomic E-state index is -0.873. The number of ether oxygens (including phenoxy) is 1. The second kappa shape index (κ2) is 10.3. The van der Waals surface area contributed by atoms with E-state index in [-0.39, 0.29) is 12.5 Å². The van der Waals surface area contributed by atoms with E-state index in [1.165, 1.54) is 5.56 Å². The maximum Gasteiger partial charge on any atom is 0.234 e. The van der Waals surface area contributed by atoms with Gasteiger partial charge < -0.3 is 15.2 Å². The lowest BCUT2D eigenvalue weighted by molar-refractivity contribution is -0.123. The number of rotatable bonds is 8. The highest BCUT2D eigenvalue weighted by Crippen LogP contribution is 2.28. The van der Waals surface area contributed by atoms with Crippen LogP contribution < -0.4 is 10.1 Å². The molecular weight excluding hydrogens is 400 g/mol. The van der Waals surface area contributed by atoms with E-state index in [4.69, 9.17) is 16.3 Å². The molecular formula is C24H31ClN2O3. The van der Waals surface area contributed by atoms with Gasteiger partial charge in [-0.05, 0) is 61.9 Å². The predicted molar refractivity (Wildman–Crippen MR) is 120 cm³/mol. The van der Waals surface area contributed by atoms with Crippen LogP contribution in [0.5, 0.6) is 5.75 Å². The van der Waals surface area contributed by atoms with Crippen LogP contribution in [0.2, 0.25) is 5.02 Å². The number of hydrogen-bond donors (Lipinski definition) is 2. The van der Waals surface area contributed by atoms with E-state index in [9.17, 15) is 9.90 Å². The summed E-state index contributed by atoms with van der Waals surface area (Å²) in [6.07, 6.45) is 1.99. The summed E-state index contributed by atoms with van der Waals surface area (Å²) in [5, 5.41) is 14.6. The number of carbonyl (C=O) groups is 1. The lowest BCUT2D eigenvalue weighted by Gasteiger charge is -2.37. The third kappa shape index (κ3) is 6.46. The van der Waals surface area contributed by atoms with Gasteiger partial charge in [0.05, 0.1) is 6.54 Å². The number of carbonyl (C=O) groups excluding carboxylic acids is 1. The normalized spacial score (nSPS) is 16.3. The molecule has 2 aromatic carbocycles. The van der Waals surface area contributed by atoms with E-state index in [0.29, 0.717) is 39.0 Å². The first kappa shape index (κ1) is 22.6. The Balaban J connectivity index is 1.38. The first-order valence-electron chi connectivity index (χ1n) is 10.5. The fourth-order valence-corrected chi connectivity index (χ4v) is 3.84. The molecule has 1 amide bonds. The van der Waals surface area contributed by atoms with Crippen molar-refractivity contribution in [2.45, 2.75) is 38.7 Å². The monoisotopic (exact) mass is 430 g/mol. The molecule has 0 radical (unpaired) electrons. The van der Waals surface area contributed by atoms with Gasteiger partial charge in [-0.3, -0.25) is 9.69 Å². The van der Waals surface area contributed by atoms with E-state index in [0.717, 1.165) is 28.3 Å². The number of aryl methyl sites for hydroxylation is 2. The molecule has 1 aliphatic heterocycles. The zero-order chi connectivity index (χ0) is 21.6. The molecule has 2 N–H and O–H groups in total. The Bertz CT molecular complexity index is 826. The molecule has 0 bridgehead atoms. The minimum absolute atomic E-state index is 0.0275. The Morgan fingerprint density at radius 3 is 2.43 bits per heavy atom. The number of nitrogens with zero attached hydrogens (tertiary/aromatic N) is 1. The highest BCUT2D eigenvalue weighted by molar-refractivity contribution is 6.32. The number of nitrogens with one attached hydrogen (secondary N) is 1. The molecule has 0 saturated carbocycles. The highest BCUT2D eigenvalue weighted by atomic mass is 35.5. The first-order valence-corrected chi connectivity index (χ1v) is 10.9. The van der Waals surface area contributed by atoms with Crippen molar-refractivity contribution in [3.05, 3.63) is 64.2 Å². The summed E-state index contributed by atoms with van der Waals surface area (Å²) in [4.78, 5) is 14.3. The van der Waals surface area contributed by atoms with E-state index in [2.05, 4.69) is 22.3 Å². The van der Waals surface area contributed by atoms with Crippen LogP contribution in [0.1, 0.15) is 29.5 Å². The van der Waals surface area contributed by atoms with Gasteiger partial charge in [-0.15, -0.1) is 0 Å². The number of halogens is 1. The molecule has 3 rings (SSSR count). The molecule has 6 heteroatoms. The Morgan fingerprint density at radius 1 is 1.17 bits per heavy atom. The Kier molecular flexibility index (Phi) is 7.75. The number of piperidine rings is 1. The lowest BCUT2D eigenvalue weighted by atomic mass is 9.92. The quantitative estimate of drug-likeness (QED) is 0.672. The van der Waals surface area contributed by atoms with Crippen LogP contribution in [-0.4, -0.2) is 54.3 Å². The molecule has 162 valence electrons. The number of likely N-dealkylation sites (tertiary alicyclic amines) is 1. The van der Waals surface area contributed by atoms with Crippen LogP contribution in [-0.2, 0) is 11.2 Å².